The standard InChI is InChI=1S/C12H15F3N2O2S/c13-9-5-10(14)12(15)11(6-9)17-20(18,19)7-8-1-3-16-4-2-8/h5-6,8,16-17H,1-4,7H2. The van der Waals surface area contributed by atoms with E-state index >= 15 is 0 Å². The van der Waals surface area contributed by atoms with Crippen molar-refractivity contribution in [2.75, 3.05) is 23.6 Å². The van der Waals surface area contributed by atoms with Gasteiger partial charge in [-0.15, -0.1) is 0 Å². The third kappa shape index (κ3) is 3.86. The first-order valence-corrected chi connectivity index (χ1v) is 7.88. The average molecular weight is 308 g/mol. The van der Waals surface area contributed by atoms with Crippen LogP contribution in [0.25, 0.3) is 0 Å². The van der Waals surface area contributed by atoms with Gasteiger partial charge in [0, 0.05) is 12.1 Å². The number of rotatable bonds is 4. The quantitative estimate of drug-likeness (QED) is 0.835. The average Bonchev–Trinajstić information content (AvgIpc) is 2.35. The fourth-order valence-electron chi connectivity index (χ4n) is 2.20. The van der Waals surface area contributed by atoms with Gasteiger partial charge >= 0.3 is 0 Å². The molecule has 0 radical (unpaired) electrons. The Bertz CT molecular complexity index is 587. The minimum absolute atomic E-state index is 0.0461. The maximum absolute atomic E-state index is 13.4. The Hall–Kier alpha value is -1.28. The normalized spacial score (nSPS) is 17.1. The van der Waals surface area contributed by atoms with Gasteiger partial charge in [0.25, 0.3) is 0 Å². The Kier molecular flexibility index (Phi) is 4.54. The second-order valence-corrected chi connectivity index (χ2v) is 6.59. The summed E-state index contributed by atoms with van der Waals surface area (Å²) in [6.45, 7) is 1.45. The highest BCUT2D eigenvalue weighted by Gasteiger charge is 2.23. The number of sulfonamides is 1. The van der Waals surface area contributed by atoms with E-state index in [0.29, 0.717) is 25.0 Å². The molecule has 0 atom stereocenters. The summed E-state index contributed by atoms with van der Waals surface area (Å²) in [7, 11) is -3.84. The topological polar surface area (TPSA) is 58.2 Å². The monoisotopic (exact) mass is 308 g/mol. The molecular weight excluding hydrogens is 293 g/mol. The van der Waals surface area contributed by atoms with Gasteiger partial charge in [-0.2, -0.15) is 0 Å². The van der Waals surface area contributed by atoms with Gasteiger partial charge in [0.15, 0.2) is 11.6 Å². The first kappa shape index (κ1) is 15.1. The number of halogens is 3. The smallest absolute Gasteiger partial charge is 0.233 e. The Balaban J connectivity index is 2.11. The van der Waals surface area contributed by atoms with Gasteiger partial charge < -0.3 is 5.32 Å². The van der Waals surface area contributed by atoms with Crippen LogP contribution in [0.5, 0.6) is 0 Å². The predicted molar refractivity (Wildman–Crippen MR) is 69.3 cm³/mol. The van der Waals surface area contributed by atoms with Crippen LogP contribution >= 0.6 is 0 Å². The van der Waals surface area contributed by atoms with Crippen LogP contribution in [0.2, 0.25) is 0 Å². The van der Waals surface area contributed by atoms with Gasteiger partial charge in [-0.05, 0) is 31.8 Å². The molecule has 1 saturated heterocycles. The third-order valence-corrected chi connectivity index (χ3v) is 4.61. The Morgan fingerprint density at radius 2 is 1.85 bits per heavy atom. The van der Waals surface area contributed by atoms with E-state index in [2.05, 4.69) is 5.32 Å². The van der Waals surface area contributed by atoms with Crippen molar-refractivity contribution in [3.8, 4) is 0 Å². The molecule has 20 heavy (non-hydrogen) atoms. The fraction of sp³-hybridized carbons (Fsp3) is 0.500. The molecule has 0 amide bonds. The van der Waals surface area contributed by atoms with Crippen LogP contribution in [-0.2, 0) is 10.0 Å². The zero-order valence-electron chi connectivity index (χ0n) is 10.6. The second kappa shape index (κ2) is 6.01. The molecule has 0 spiro atoms. The van der Waals surface area contributed by atoms with Gasteiger partial charge in [-0.1, -0.05) is 0 Å². The first-order valence-electron chi connectivity index (χ1n) is 6.23. The van der Waals surface area contributed by atoms with Crippen molar-refractivity contribution in [2.45, 2.75) is 12.8 Å². The molecule has 1 aromatic carbocycles. The minimum Gasteiger partial charge on any atom is -0.317 e. The lowest BCUT2D eigenvalue weighted by atomic mass is 10.0. The predicted octanol–water partition coefficient (Wildman–Crippen LogP) is 1.85. The van der Waals surface area contributed by atoms with E-state index in [9.17, 15) is 21.6 Å². The van der Waals surface area contributed by atoms with Crippen molar-refractivity contribution in [1.29, 1.82) is 0 Å². The summed E-state index contributed by atoms with van der Waals surface area (Å²) in [5.41, 5.74) is -0.698. The van der Waals surface area contributed by atoms with Crippen molar-refractivity contribution >= 4 is 15.7 Å². The number of hydrogen-bond acceptors (Lipinski definition) is 3. The summed E-state index contributed by atoms with van der Waals surface area (Å²) in [5, 5.41) is 3.10. The molecule has 0 aliphatic carbocycles. The van der Waals surface area contributed by atoms with E-state index in [-0.39, 0.29) is 11.7 Å². The second-order valence-electron chi connectivity index (χ2n) is 4.83. The number of hydrogen-bond donors (Lipinski definition) is 2. The van der Waals surface area contributed by atoms with Gasteiger partial charge in [-0.3, -0.25) is 4.72 Å². The number of anilines is 1. The molecule has 0 unspecified atom stereocenters. The van der Waals surface area contributed by atoms with E-state index in [1.165, 1.54) is 0 Å². The molecule has 1 aromatic rings. The Labute approximate surface area is 115 Å². The van der Waals surface area contributed by atoms with Gasteiger partial charge in [-0.25, -0.2) is 21.6 Å². The van der Waals surface area contributed by atoms with Crippen molar-refractivity contribution in [3.05, 3.63) is 29.6 Å². The van der Waals surface area contributed by atoms with Gasteiger partial charge in [0.2, 0.25) is 10.0 Å². The van der Waals surface area contributed by atoms with E-state index in [4.69, 9.17) is 0 Å². The molecule has 4 nitrogen and oxygen atoms in total. The molecule has 1 heterocycles. The molecule has 2 rings (SSSR count). The van der Waals surface area contributed by atoms with Crippen LogP contribution in [0.15, 0.2) is 12.1 Å². The lowest BCUT2D eigenvalue weighted by Gasteiger charge is -2.22. The molecule has 112 valence electrons. The van der Waals surface area contributed by atoms with Crippen LogP contribution in [0.4, 0.5) is 18.9 Å². The summed E-state index contributed by atoms with van der Waals surface area (Å²) in [6.07, 6.45) is 1.39. The zero-order chi connectivity index (χ0) is 14.8. The number of nitrogens with one attached hydrogen (secondary N) is 2. The molecule has 0 bridgehead atoms. The summed E-state index contributed by atoms with van der Waals surface area (Å²) >= 11 is 0. The van der Waals surface area contributed by atoms with E-state index in [1.807, 2.05) is 4.72 Å². The van der Waals surface area contributed by atoms with Crippen LogP contribution in [-0.4, -0.2) is 27.3 Å². The summed E-state index contributed by atoms with van der Waals surface area (Å²) in [5.74, 6) is -4.10. The van der Waals surface area contributed by atoms with Crippen molar-refractivity contribution in [3.63, 3.8) is 0 Å². The molecule has 1 aliphatic rings. The van der Waals surface area contributed by atoms with Crippen molar-refractivity contribution < 1.29 is 21.6 Å². The Morgan fingerprint density at radius 1 is 1.20 bits per heavy atom. The zero-order valence-corrected chi connectivity index (χ0v) is 11.4. The van der Waals surface area contributed by atoms with E-state index in [0.717, 1.165) is 13.1 Å². The lowest BCUT2D eigenvalue weighted by molar-refractivity contribution is 0.402. The summed E-state index contributed by atoms with van der Waals surface area (Å²) in [4.78, 5) is 0. The highest BCUT2D eigenvalue weighted by molar-refractivity contribution is 7.92. The van der Waals surface area contributed by atoms with Crippen LogP contribution in [0.3, 0.4) is 0 Å². The van der Waals surface area contributed by atoms with E-state index in [1.54, 1.807) is 0 Å². The van der Waals surface area contributed by atoms with Crippen molar-refractivity contribution in [2.24, 2.45) is 5.92 Å². The molecule has 0 aromatic heterocycles. The van der Waals surface area contributed by atoms with Crippen LogP contribution < -0.4 is 10.0 Å². The molecule has 1 aliphatic heterocycles. The highest BCUT2D eigenvalue weighted by atomic mass is 32.2. The molecule has 0 saturated carbocycles. The molecule has 1 fully saturated rings. The lowest BCUT2D eigenvalue weighted by Crippen LogP contribution is -2.33. The maximum atomic E-state index is 13.4. The SMILES string of the molecule is O=S(=O)(CC1CCNCC1)Nc1cc(F)cc(F)c1F. The molecular formula is C12H15F3N2O2S. The van der Waals surface area contributed by atoms with Crippen LogP contribution in [0, 0.1) is 23.4 Å². The Morgan fingerprint density at radius 3 is 2.50 bits per heavy atom. The molecule has 2 N–H and O–H groups in total. The van der Waals surface area contributed by atoms with Gasteiger partial charge in [0.1, 0.15) is 5.82 Å². The highest BCUT2D eigenvalue weighted by Crippen LogP contribution is 2.22. The fourth-order valence-corrected chi connectivity index (χ4v) is 3.72. The maximum Gasteiger partial charge on any atom is 0.233 e. The minimum atomic E-state index is -3.84. The van der Waals surface area contributed by atoms with Crippen LogP contribution in [0.1, 0.15) is 12.8 Å². The number of piperidine rings is 1. The number of benzene rings is 1. The summed E-state index contributed by atoms with van der Waals surface area (Å²) < 4.78 is 65.1. The van der Waals surface area contributed by atoms with Gasteiger partial charge in [0.05, 0.1) is 11.4 Å². The van der Waals surface area contributed by atoms with E-state index < -0.39 is 33.2 Å². The van der Waals surface area contributed by atoms with Crippen molar-refractivity contribution in [1.82, 2.24) is 5.32 Å². The third-order valence-electron chi connectivity index (χ3n) is 3.17. The molecule has 8 heteroatoms. The first-order chi connectivity index (χ1) is 9.37. The summed E-state index contributed by atoms with van der Waals surface area (Å²) in [6, 6.07) is 0.984. The largest absolute Gasteiger partial charge is 0.317 e.